The van der Waals surface area contributed by atoms with Gasteiger partial charge in [0.1, 0.15) is 0 Å². The summed E-state index contributed by atoms with van der Waals surface area (Å²) in [7, 11) is 0. The predicted octanol–water partition coefficient (Wildman–Crippen LogP) is 3.85. The molecule has 2 rings (SSSR count). The third-order valence-corrected chi connectivity index (χ3v) is 3.93. The van der Waals surface area contributed by atoms with Crippen molar-refractivity contribution in [2.45, 2.75) is 19.9 Å². The number of carbonyl (C=O) groups excluding carboxylic acids is 1. The van der Waals surface area contributed by atoms with Gasteiger partial charge in [0.15, 0.2) is 0 Å². The Morgan fingerprint density at radius 2 is 1.90 bits per heavy atom. The molecule has 0 fully saturated rings. The fourth-order valence-electron chi connectivity index (χ4n) is 1.91. The zero-order valence-electron chi connectivity index (χ0n) is 11.6. The topological polar surface area (TPSA) is 67.2 Å². The maximum Gasteiger partial charge on any atom is 0.319 e. The van der Waals surface area contributed by atoms with E-state index in [4.69, 9.17) is 5.73 Å². The number of carbonyl (C=O) groups is 1. The van der Waals surface area contributed by atoms with Crippen LogP contribution in [0.4, 0.5) is 16.2 Å². The number of nitrogens with one attached hydrogen (secondary N) is 2. The van der Waals surface area contributed by atoms with Crippen LogP contribution in [0.5, 0.6) is 0 Å². The molecule has 20 heavy (non-hydrogen) atoms. The van der Waals surface area contributed by atoms with Crippen LogP contribution in [0.25, 0.3) is 0 Å². The summed E-state index contributed by atoms with van der Waals surface area (Å²) in [5.74, 6) is 0.325. The molecule has 1 heterocycles. The van der Waals surface area contributed by atoms with Crippen LogP contribution in [0, 0.1) is 5.92 Å². The summed E-state index contributed by atoms with van der Waals surface area (Å²) in [5.41, 5.74) is 7.02. The highest BCUT2D eigenvalue weighted by Gasteiger charge is 2.19. The molecule has 1 unspecified atom stereocenters. The molecule has 2 amide bonds. The minimum absolute atomic E-state index is 0.0174. The van der Waals surface area contributed by atoms with E-state index in [1.807, 2.05) is 17.5 Å². The Hall–Kier alpha value is -2.01. The molecule has 0 aliphatic rings. The maximum absolute atomic E-state index is 12.1. The second kappa shape index (κ2) is 6.43. The first-order valence-electron chi connectivity index (χ1n) is 6.52. The second-order valence-electron chi connectivity index (χ2n) is 4.96. The molecule has 0 spiro atoms. The van der Waals surface area contributed by atoms with Gasteiger partial charge in [0.05, 0.1) is 6.04 Å². The summed E-state index contributed by atoms with van der Waals surface area (Å²) < 4.78 is 0. The molecular weight excluding hydrogens is 270 g/mol. The standard InChI is InChI=1S/C15H19N3OS/c1-10(2)14(13-4-3-9-20-13)18-15(19)17-12-7-5-11(16)6-8-12/h3-10,14H,16H2,1-2H3,(H2,17,18,19). The predicted molar refractivity (Wildman–Crippen MR) is 84.9 cm³/mol. The van der Waals surface area contributed by atoms with E-state index in [1.54, 1.807) is 35.6 Å². The molecule has 2 aromatic rings. The Labute approximate surface area is 123 Å². The van der Waals surface area contributed by atoms with Crippen molar-refractivity contribution >= 4 is 28.7 Å². The molecule has 0 aliphatic heterocycles. The third-order valence-electron chi connectivity index (χ3n) is 2.97. The Balaban J connectivity index is 2.00. The van der Waals surface area contributed by atoms with Crippen LogP contribution in [0.1, 0.15) is 24.8 Å². The van der Waals surface area contributed by atoms with E-state index in [9.17, 15) is 4.79 Å². The largest absolute Gasteiger partial charge is 0.399 e. The smallest absolute Gasteiger partial charge is 0.319 e. The van der Waals surface area contributed by atoms with Crippen LogP contribution >= 0.6 is 11.3 Å². The van der Waals surface area contributed by atoms with E-state index < -0.39 is 0 Å². The lowest BCUT2D eigenvalue weighted by Crippen LogP contribution is -2.34. The van der Waals surface area contributed by atoms with Gasteiger partial charge in [0.25, 0.3) is 0 Å². The number of rotatable bonds is 4. The van der Waals surface area contributed by atoms with Gasteiger partial charge >= 0.3 is 6.03 Å². The molecule has 1 aromatic heterocycles. The fourth-order valence-corrected chi connectivity index (χ4v) is 2.86. The van der Waals surface area contributed by atoms with Gasteiger partial charge in [0, 0.05) is 16.3 Å². The van der Waals surface area contributed by atoms with Gasteiger partial charge in [-0.25, -0.2) is 4.79 Å². The molecule has 0 saturated carbocycles. The monoisotopic (exact) mass is 289 g/mol. The van der Waals surface area contributed by atoms with Crippen molar-refractivity contribution in [1.82, 2.24) is 5.32 Å². The van der Waals surface area contributed by atoms with Crippen molar-refractivity contribution in [1.29, 1.82) is 0 Å². The van der Waals surface area contributed by atoms with E-state index in [0.717, 1.165) is 10.6 Å². The summed E-state index contributed by atoms with van der Waals surface area (Å²) in [4.78, 5) is 13.2. The van der Waals surface area contributed by atoms with Gasteiger partial charge in [0.2, 0.25) is 0 Å². The molecule has 4 nitrogen and oxygen atoms in total. The van der Waals surface area contributed by atoms with Crippen molar-refractivity contribution in [3.05, 3.63) is 46.7 Å². The summed E-state index contributed by atoms with van der Waals surface area (Å²) >= 11 is 1.65. The number of hydrogen-bond donors (Lipinski definition) is 3. The molecule has 0 aliphatic carbocycles. The molecule has 5 heteroatoms. The first-order chi connectivity index (χ1) is 9.56. The average molecular weight is 289 g/mol. The first-order valence-corrected chi connectivity index (χ1v) is 7.40. The van der Waals surface area contributed by atoms with E-state index in [2.05, 4.69) is 24.5 Å². The zero-order chi connectivity index (χ0) is 14.5. The molecule has 1 aromatic carbocycles. The van der Waals surface area contributed by atoms with Crippen molar-refractivity contribution < 1.29 is 4.79 Å². The normalized spacial score (nSPS) is 12.2. The minimum Gasteiger partial charge on any atom is -0.399 e. The highest BCUT2D eigenvalue weighted by molar-refractivity contribution is 7.10. The lowest BCUT2D eigenvalue weighted by molar-refractivity contribution is 0.245. The molecule has 0 radical (unpaired) electrons. The van der Waals surface area contributed by atoms with Crippen molar-refractivity contribution in [3.8, 4) is 0 Å². The number of urea groups is 1. The van der Waals surface area contributed by atoms with Gasteiger partial charge < -0.3 is 16.4 Å². The number of amides is 2. The summed E-state index contributed by atoms with van der Waals surface area (Å²) in [6.07, 6.45) is 0. The lowest BCUT2D eigenvalue weighted by Gasteiger charge is -2.21. The van der Waals surface area contributed by atoms with Crippen LogP contribution in [0.3, 0.4) is 0 Å². The van der Waals surface area contributed by atoms with Gasteiger partial charge in [-0.1, -0.05) is 19.9 Å². The molecular formula is C15H19N3OS. The van der Waals surface area contributed by atoms with Crippen molar-refractivity contribution in [3.63, 3.8) is 0 Å². The Morgan fingerprint density at radius 3 is 2.45 bits per heavy atom. The second-order valence-corrected chi connectivity index (χ2v) is 5.94. The fraction of sp³-hybridized carbons (Fsp3) is 0.267. The summed E-state index contributed by atoms with van der Waals surface area (Å²) in [5, 5.41) is 7.84. The van der Waals surface area contributed by atoms with E-state index in [-0.39, 0.29) is 12.1 Å². The van der Waals surface area contributed by atoms with Crippen LogP contribution in [0.2, 0.25) is 0 Å². The summed E-state index contributed by atoms with van der Waals surface area (Å²) in [6, 6.07) is 10.9. The highest BCUT2D eigenvalue weighted by atomic mass is 32.1. The Morgan fingerprint density at radius 1 is 1.20 bits per heavy atom. The third kappa shape index (κ3) is 3.74. The van der Waals surface area contributed by atoms with Gasteiger partial charge in [-0.05, 0) is 41.6 Å². The maximum atomic E-state index is 12.1. The molecule has 0 saturated heterocycles. The van der Waals surface area contributed by atoms with E-state index in [1.165, 1.54) is 0 Å². The number of anilines is 2. The van der Waals surface area contributed by atoms with Crippen molar-refractivity contribution in [2.75, 3.05) is 11.1 Å². The Kier molecular flexibility index (Phi) is 4.63. The van der Waals surface area contributed by atoms with E-state index >= 15 is 0 Å². The van der Waals surface area contributed by atoms with Gasteiger partial charge in [-0.2, -0.15) is 0 Å². The first kappa shape index (κ1) is 14.4. The number of nitrogens with two attached hydrogens (primary N) is 1. The molecule has 1 atom stereocenters. The lowest BCUT2D eigenvalue weighted by atomic mass is 10.0. The van der Waals surface area contributed by atoms with Crippen LogP contribution in [-0.2, 0) is 0 Å². The highest BCUT2D eigenvalue weighted by Crippen LogP contribution is 2.25. The molecule has 4 N–H and O–H groups in total. The minimum atomic E-state index is -0.207. The number of hydrogen-bond acceptors (Lipinski definition) is 3. The number of thiophene rings is 1. The average Bonchev–Trinajstić information content (AvgIpc) is 2.92. The quantitative estimate of drug-likeness (QED) is 0.748. The van der Waals surface area contributed by atoms with Gasteiger partial charge in [-0.15, -0.1) is 11.3 Å². The van der Waals surface area contributed by atoms with Crippen molar-refractivity contribution in [2.24, 2.45) is 5.92 Å². The summed E-state index contributed by atoms with van der Waals surface area (Å²) in [6.45, 7) is 4.18. The van der Waals surface area contributed by atoms with Gasteiger partial charge in [-0.3, -0.25) is 0 Å². The SMILES string of the molecule is CC(C)C(NC(=O)Nc1ccc(N)cc1)c1cccs1. The van der Waals surface area contributed by atoms with E-state index in [0.29, 0.717) is 11.6 Å². The number of nitrogen functional groups attached to an aromatic ring is 1. The Bertz CT molecular complexity index is 549. The van der Waals surface area contributed by atoms with Crippen LogP contribution in [0.15, 0.2) is 41.8 Å². The molecule has 106 valence electrons. The van der Waals surface area contributed by atoms with Crippen LogP contribution in [-0.4, -0.2) is 6.03 Å². The van der Waals surface area contributed by atoms with Crippen LogP contribution < -0.4 is 16.4 Å². The number of benzene rings is 1. The molecule has 0 bridgehead atoms. The zero-order valence-corrected chi connectivity index (χ0v) is 12.4.